The van der Waals surface area contributed by atoms with E-state index in [-0.39, 0.29) is 44.5 Å². The number of benzene rings is 12. The lowest BCUT2D eigenvalue weighted by Crippen LogP contribution is -2.12. The van der Waals surface area contributed by atoms with Gasteiger partial charge in [-0.05, 0) is 165 Å². The molecule has 0 heterocycles. The van der Waals surface area contributed by atoms with Crippen molar-refractivity contribution in [3.8, 4) is 44.5 Å². The Morgan fingerprint density at radius 3 is 0.784 bits per heavy atom. The largest absolute Gasteiger partial charge is 0.310 e. The van der Waals surface area contributed by atoms with Crippen LogP contribution in [-0.4, -0.2) is 0 Å². The molecule has 0 aliphatic heterocycles. The first kappa shape index (κ1) is 45.8. The summed E-state index contributed by atoms with van der Waals surface area (Å²) in [5, 5.41) is 4.82. The summed E-state index contributed by atoms with van der Waals surface area (Å²) in [7, 11) is 0. The molecule has 0 atom stereocenters. The Morgan fingerprint density at radius 2 is 0.500 bits per heavy atom. The molecule has 12 aromatic rings. The molecule has 12 aromatic carbocycles. The standard InChI is InChI=1S/C64H36F8N2/c65-49-15-7-16-50(66)61(49)39-31-40(62-51(67)17-8-18-52(62)68)34-45(33-39)73(43-11-3-1-4-12-43)57-29-25-37-24-28-48-58(30-26-38-23-27-47(57)59(37)60(38)48)74(44-13-5-2-6-14-44)46-35-41(63-53(69)19-9-20-54(63)70)32-42(36-46)64-55(71)21-10-22-56(64)72/h1-36H. The van der Waals surface area contributed by atoms with Crippen LogP contribution < -0.4 is 9.80 Å². The van der Waals surface area contributed by atoms with Gasteiger partial charge < -0.3 is 9.80 Å². The van der Waals surface area contributed by atoms with E-state index in [1.54, 1.807) is 24.3 Å². The summed E-state index contributed by atoms with van der Waals surface area (Å²) >= 11 is 0. The molecule has 12 rings (SSSR count). The second kappa shape index (κ2) is 18.4. The molecule has 10 heteroatoms. The van der Waals surface area contributed by atoms with Crippen LogP contribution in [0.15, 0.2) is 218 Å². The molecule has 74 heavy (non-hydrogen) atoms. The predicted molar refractivity (Wildman–Crippen MR) is 281 cm³/mol. The average molecular weight is 985 g/mol. The van der Waals surface area contributed by atoms with Gasteiger partial charge in [0.05, 0.1) is 33.6 Å². The van der Waals surface area contributed by atoms with Crippen LogP contribution in [-0.2, 0) is 0 Å². The Hall–Kier alpha value is -9.28. The minimum absolute atomic E-state index is 0.0442. The van der Waals surface area contributed by atoms with Crippen LogP contribution in [0.4, 0.5) is 69.2 Å². The Morgan fingerprint density at radius 1 is 0.230 bits per heavy atom. The van der Waals surface area contributed by atoms with Crippen molar-refractivity contribution in [1.29, 1.82) is 0 Å². The zero-order valence-electron chi connectivity index (χ0n) is 38.7. The fraction of sp³-hybridized carbons (Fsp3) is 0. The molecule has 0 amide bonds. The maximum Gasteiger partial charge on any atom is 0.133 e. The minimum atomic E-state index is -0.863. The van der Waals surface area contributed by atoms with Gasteiger partial charge in [-0.15, -0.1) is 0 Å². The highest BCUT2D eigenvalue weighted by molar-refractivity contribution is 6.28. The summed E-state index contributed by atoms with van der Waals surface area (Å²) in [6, 6.07) is 57.2. The highest BCUT2D eigenvalue weighted by atomic mass is 19.2. The van der Waals surface area contributed by atoms with Gasteiger partial charge in [-0.1, -0.05) is 97.1 Å². The van der Waals surface area contributed by atoms with Crippen molar-refractivity contribution in [3.05, 3.63) is 265 Å². The second-order valence-electron chi connectivity index (χ2n) is 17.9. The molecule has 0 N–H and O–H groups in total. The lowest BCUT2D eigenvalue weighted by Gasteiger charge is -2.30. The van der Waals surface area contributed by atoms with E-state index < -0.39 is 46.5 Å². The Balaban J connectivity index is 1.12. The molecule has 0 spiro atoms. The van der Waals surface area contributed by atoms with Crippen molar-refractivity contribution in [3.63, 3.8) is 0 Å². The highest BCUT2D eigenvalue weighted by Crippen LogP contribution is 2.50. The Bertz CT molecular complexity index is 3660. The van der Waals surface area contributed by atoms with Crippen LogP contribution in [0.2, 0.25) is 0 Å². The van der Waals surface area contributed by atoms with Gasteiger partial charge in [0.2, 0.25) is 0 Å². The lowest BCUT2D eigenvalue weighted by molar-refractivity contribution is 0.588. The third-order valence-electron chi connectivity index (χ3n) is 13.5. The molecule has 0 aliphatic carbocycles. The van der Waals surface area contributed by atoms with Gasteiger partial charge in [0.15, 0.2) is 0 Å². The normalized spacial score (nSPS) is 11.5. The van der Waals surface area contributed by atoms with Gasteiger partial charge in [0.25, 0.3) is 0 Å². The number of hydrogen-bond donors (Lipinski definition) is 0. The van der Waals surface area contributed by atoms with E-state index in [2.05, 4.69) is 0 Å². The number of hydrogen-bond acceptors (Lipinski definition) is 2. The summed E-state index contributed by atoms with van der Waals surface area (Å²) in [6.07, 6.45) is 0. The van der Waals surface area contributed by atoms with Gasteiger partial charge in [-0.2, -0.15) is 0 Å². The minimum Gasteiger partial charge on any atom is -0.310 e. The first-order valence-corrected chi connectivity index (χ1v) is 23.5. The molecule has 0 fully saturated rings. The van der Waals surface area contributed by atoms with Gasteiger partial charge in [-0.25, -0.2) is 35.1 Å². The second-order valence-corrected chi connectivity index (χ2v) is 17.9. The molecule has 0 saturated carbocycles. The van der Waals surface area contributed by atoms with E-state index >= 15 is 35.1 Å². The van der Waals surface area contributed by atoms with E-state index in [4.69, 9.17) is 0 Å². The zero-order valence-corrected chi connectivity index (χ0v) is 38.7. The highest BCUT2D eigenvalue weighted by Gasteiger charge is 2.26. The number of anilines is 6. The van der Waals surface area contributed by atoms with Gasteiger partial charge in [0, 0.05) is 33.5 Å². The van der Waals surface area contributed by atoms with Crippen LogP contribution >= 0.6 is 0 Å². The Kier molecular flexibility index (Phi) is 11.4. The van der Waals surface area contributed by atoms with Crippen LogP contribution in [0.1, 0.15) is 0 Å². The topological polar surface area (TPSA) is 6.48 Å². The molecule has 0 bridgehead atoms. The van der Waals surface area contributed by atoms with Crippen LogP contribution in [0.3, 0.4) is 0 Å². The summed E-state index contributed by atoms with van der Waals surface area (Å²) in [5.41, 5.74) is 1.84. The SMILES string of the molecule is Fc1cccc(F)c1-c1cc(-c2c(F)cccc2F)cc(N(c2ccccc2)c2ccc3ccc4c(N(c5ccccc5)c5cc(-c6c(F)cccc6F)cc(-c6c(F)cccc6F)c5)ccc5ccc2c3c54)c1. The summed E-state index contributed by atoms with van der Waals surface area (Å²) in [5.74, 6) is -6.90. The van der Waals surface area contributed by atoms with Crippen molar-refractivity contribution in [2.45, 2.75) is 0 Å². The maximum atomic E-state index is 15.7. The fourth-order valence-electron chi connectivity index (χ4n) is 10.3. The van der Waals surface area contributed by atoms with E-state index in [0.717, 1.165) is 80.8 Å². The predicted octanol–water partition coefficient (Wildman–Crippen LogP) is 19.3. The van der Waals surface area contributed by atoms with Crippen molar-refractivity contribution < 1.29 is 35.1 Å². The third kappa shape index (κ3) is 7.83. The van der Waals surface area contributed by atoms with E-state index in [0.29, 0.717) is 34.1 Å². The summed E-state index contributed by atoms with van der Waals surface area (Å²) < 4.78 is 126. The van der Waals surface area contributed by atoms with Crippen molar-refractivity contribution in [1.82, 2.24) is 0 Å². The zero-order chi connectivity index (χ0) is 50.8. The monoisotopic (exact) mass is 984 g/mol. The first-order valence-electron chi connectivity index (χ1n) is 23.5. The molecular formula is C64H36F8N2. The summed E-state index contributed by atoms with van der Waals surface area (Å²) in [4.78, 5) is 3.76. The van der Waals surface area contributed by atoms with Crippen LogP contribution in [0.5, 0.6) is 0 Å². The van der Waals surface area contributed by atoms with E-state index in [1.807, 2.05) is 119 Å². The molecule has 0 radical (unpaired) electrons. The molecular weight excluding hydrogens is 949 g/mol. The smallest absolute Gasteiger partial charge is 0.133 e. The van der Waals surface area contributed by atoms with E-state index in [1.165, 1.54) is 36.4 Å². The van der Waals surface area contributed by atoms with Crippen molar-refractivity contribution in [2.24, 2.45) is 0 Å². The average Bonchev–Trinajstić information content (AvgIpc) is 3.39. The number of para-hydroxylation sites is 2. The molecule has 0 unspecified atom stereocenters. The van der Waals surface area contributed by atoms with Crippen molar-refractivity contribution in [2.75, 3.05) is 9.80 Å². The molecule has 0 aliphatic rings. The van der Waals surface area contributed by atoms with Gasteiger partial charge in [0.1, 0.15) is 46.5 Å². The quantitative estimate of drug-likeness (QED) is 0.0995. The Labute approximate surface area is 419 Å². The lowest BCUT2D eigenvalue weighted by atomic mass is 9.91. The van der Waals surface area contributed by atoms with Crippen molar-refractivity contribution >= 4 is 66.4 Å². The third-order valence-corrected chi connectivity index (χ3v) is 13.5. The number of halogens is 8. The molecule has 0 aromatic heterocycles. The van der Waals surface area contributed by atoms with Gasteiger partial charge in [-0.3, -0.25) is 0 Å². The molecule has 2 nitrogen and oxygen atoms in total. The first-order chi connectivity index (χ1) is 36.0. The maximum absolute atomic E-state index is 15.7. The fourth-order valence-corrected chi connectivity index (χ4v) is 10.3. The molecule has 358 valence electrons. The number of rotatable bonds is 10. The number of nitrogens with zero attached hydrogens (tertiary/aromatic N) is 2. The van der Waals surface area contributed by atoms with E-state index in [9.17, 15) is 0 Å². The van der Waals surface area contributed by atoms with Crippen LogP contribution in [0.25, 0.3) is 76.8 Å². The van der Waals surface area contributed by atoms with Crippen LogP contribution in [0, 0.1) is 46.5 Å². The summed E-state index contributed by atoms with van der Waals surface area (Å²) in [6.45, 7) is 0. The molecule has 0 saturated heterocycles. The van der Waals surface area contributed by atoms with Gasteiger partial charge >= 0.3 is 0 Å².